The molecule has 1 saturated heterocycles. The minimum atomic E-state index is -0.189. The molecule has 0 amide bonds. The second kappa shape index (κ2) is 4.93. The summed E-state index contributed by atoms with van der Waals surface area (Å²) in [7, 11) is 0. The summed E-state index contributed by atoms with van der Waals surface area (Å²) in [6.45, 7) is 5.76. The maximum absolute atomic E-state index is 13.7. The first-order chi connectivity index (χ1) is 7.68. The molecule has 1 N–H and O–H groups in total. The van der Waals surface area contributed by atoms with E-state index in [0.717, 1.165) is 6.54 Å². The van der Waals surface area contributed by atoms with Crippen molar-refractivity contribution in [3.05, 3.63) is 35.6 Å². The summed E-state index contributed by atoms with van der Waals surface area (Å²) < 4.78 is 19.5. The Labute approximate surface area is 95.8 Å². The molecule has 0 spiro atoms. The van der Waals surface area contributed by atoms with Crippen molar-refractivity contribution in [3.63, 3.8) is 0 Å². The molecule has 2 nitrogen and oxygen atoms in total. The number of benzene rings is 1. The van der Waals surface area contributed by atoms with Crippen LogP contribution < -0.4 is 5.32 Å². The lowest BCUT2D eigenvalue weighted by Gasteiger charge is -2.22. The molecule has 16 heavy (non-hydrogen) atoms. The van der Waals surface area contributed by atoms with Gasteiger partial charge in [-0.2, -0.15) is 0 Å². The zero-order chi connectivity index (χ0) is 11.5. The minimum Gasteiger partial charge on any atom is -0.371 e. The van der Waals surface area contributed by atoms with Crippen LogP contribution >= 0.6 is 0 Å². The maximum atomic E-state index is 13.7. The standard InChI is InChI=1S/C13H18FNO/c1-9-7-15-10(2)13(16-8-9)11-5-3-4-6-12(11)14/h3-6,9-10,13,15H,7-8H2,1-2H3. The molecule has 3 heteroatoms. The number of ether oxygens (including phenoxy) is 1. The van der Waals surface area contributed by atoms with Crippen molar-refractivity contribution in [2.45, 2.75) is 26.0 Å². The second-order valence-electron chi connectivity index (χ2n) is 4.58. The minimum absolute atomic E-state index is 0.141. The zero-order valence-electron chi connectivity index (χ0n) is 9.74. The van der Waals surface area contributed by atoms with E-state index in [1.165, 1.54) is 6.07 Å². The lowest BCUT2D eigenvalue weighted by molar-refractivity contribution is 0.0315. The van der Waals surface area contributed by atoms with Crippen molar-refractivity contribution < 1.29 is 9.13 Å². The Bertz CT molecular complexity index is 356. The number of rotatable bonds is 1. The maximum Gasteiger partial charge on any atom is 0.129 e. The van der Waals surface area contributed by atoms with Crippen LogP contribution in [0.4, 0.5) is 4.39 Å². The molecular weight excluding hydrogens is 205 g/mol. The van der Waals surface area contributed by atoms with Gasteiger partial charge in [0.1, 0.15) is 11.9 Å². The van der Waals surface area contributed by atoms with Crippen molar-refractivity contribution in [2.75, 3.05) is 13.2 Å². The van der Waals surface area contributed by atoms with Crippen LogP contribution in [0.2, 0.25) is 0 Å². The van der Waals surface area contributed by atoms with E-state index in [0.29, 0.717) is 18.1 Å². The summed E-state index contributed by atoms with van der Waals surface area (Å²) in [6.07, 6.45) is -0.189. The molecule has 88 valence electrons. The molecular formula is C13H18FNO. The Hall–Kier alpha value is -0.930. The third-order valence-corrected chi connectivity index (χ3v) is 3.01. The predicted molar refractivity (Wildman–Crippen MR) is 61.7 cm³/mol. The molecule has 1 fully saturated rings. The fourth-order valence-corrected chi connectivity index (χ4v) is 2.03. The van der Waals surface area contributed by atoms with E-state index in [9.17, 15) is 4.39 Å². The summed E-state index contributed by atoms with van der Waals surface area (Å²) in [4.78, 5) is 0. The van der Waals surface area contributed by atoms with Gasteiger partial charge in [-0.1, -0.05) is 25.1 Å². The van der Waals surface area contributed by atoms with E-state index in [-0.39, 0.29) is 18.0 Å². The number of nitrogens with one attached hydrogen (secondary N) is 1. The zero-order valence-corrected chi connectivity index (χ0v) is 9.74. The van der Waals surface area contributed by atoms with Crippen molar-refractivity contribution in [3.8, 4) is 0 Å². The first kappa shape index (κ1) is 11.6. The Morgan fingerprint density at radius 3 is 2.81 bits per heavy atom. The van der Waals surface area contributed by atoms with Crippen molar-refractivity contribution >= 4 is 0 Å². The third kappa shape index (κ3) is 2.42. The van der Waals surface area contributed by atoms with Gasteiger partial charge in [0.05, 0.1) is 6.61 Å². The van der Waals surface area contributed by atoms with Gasteiger partial charge < -0.3 is 10.1 Å². The quantitative estimate of drug-likeness (QED) is 0.790. The monoisotopic (exact) mass is 223 g/mol. The summed E-state index contributed by atoms with van der Waals surface area (Å²) in [5.74, 6) is 0.287. The van der Waals surface area contributed by atoms with Crippen molar-refractivity contribution in [2.24, 2.45) is 5.92 Å². The van der Waals surface area contributed by atoms with Crippen LogP contribution in [0, 0.1) is 11.7 Å². The first-order valence-corrected chi connectivity index (χ1v) is 5.78. The van der Waals surface area contributed by atoms with Gasteiger partial charge in [-0.15, -0.1) is 0 Å². The lowest BCUT2D eigenvalue weighted by atomic mass is 10.0. The molecule has 3 atom stereocenters. The Balaban J connectivity index is 2.22. The fourth-order valence-electron chi connectivity index (χ4n) is 2.03. The van der Waals surface area contributed by atoms with Crippen LogP contribution in [0.15, 0.2) is 24.3 Å². The lowest BCUT2D eigenvalue weighted by Crippen LogP contribution is -2.32. The molecule has 1 aliphatic rings. The molecule has 0 aromatic heterocycles. The van der Waals surface area contributed by atoms with Crippen LogP contribution in [0.1, 0.15) is 25.5 Å². The topological polar surface area (TPSA) is 21.3 Å². The van der Waals surface area contributed by atoms with Gasteiger partial charge in [0.2, 0.25) is 0 Å². The van der Waals surface area contributed by atoms with E-state index >= 15 is 0 Å². The van der Waals surface area contributed by atoms with Gasteiger partial charge in [-0.25, -0.2) is 4.39 Å². The largest absolute Gasteiger partial charge is 0.371 e. The van der Waals surface area contributed by atoms with Crippen molar-refractivity contribution in [1.29, 1.82) is 0 Å². The first-order valence-electron chi connectivity index (χ1n) is 5.78. The summed E-state index contributed by atoms with van der Waals surface area (Å²) >= 11 is 0. The number of hydrogen-bond donors (Lipinski definition) is 1. The summed E-state index contributed by atoms with van der Waals surface area (Å²) in [5.41, 5.74) is 0.650. The normalized spacial score (nSPS) is 31.1. The highest BCUT2D eigenvalue weighted by molar-refractivity contribution is 5.21. The van der Waals surface area contributed by atoms with Crippen LogP contribution in [0.25, 0.3) is 0 Å². The van der Waals surface area contributed by atoms with Crippen LogP contribution in [-0.4, -0.2) is 19.2 Å². The molecule has 1 aromatic carbocycles. The molecule has 0 aliphatic carbocycles. The van der Waals surface area contributed by atoms with E-state index < -0.39 is 0 Å². The van der Waals surface area contributed by atoms with E-state index in [1.54, 1.807) is 12.1 Å². The predicted octanol–water partition coefficient (Wildman–Crippen LogP) is 2.51. The molecule has 1 heterocycles. The van der Waals surface area contributed by atoms with Gasteiger partial charge in [0, 0.05) is 18.2 Å². The Morgan fingerprint density at radius 2 is 2.06 bits per heavy atom. The SMILES string of the molecule is CC1CNC(C)C(c2ccccc2F)OC1. The van der Waals surface area contributed by atoms with Gasteiger partial charge in [-0.3, -0.25) is 0 Å². The molecule has 1 aromatic rings. The van der Waals surface area contributed by atoms with E-state index in [2.05, 4.69) is 12.2 Å². The molecule has 0 bridgehead atoms. The third-order valence-electron chi connectivity index (χ3n) is 3.01. The molecule has 1 aliphatic heterocycles. The van der Waals surface area contributed by atoms with Gasteiger partial charge in [-0.05, 0) is 18.9 Å². The Morgan fingerprint density at radius 1 is 1.31 bits per heavy atom. The van der Waals surface area contributed by atoms with Gasteiger partial charge in [0.25, 0.3) is 0 Å². The fraction of sp³-hybridized carbons (Fsp3) is 0.538. The smallest absolute Gasteiger partial charge is 0.129 e. The molecule has 2 rings (SSSR count). The van der Waals surface area contributed by atoms with Crippen LogP contribution in [-0.2, 0) is 4.74 Å². The van der Waals surface area contributed by atoms with Gasteiger partial charge >= 0.3 is 0 Å². The van der Waals surface area contributed by atoms with Crippen LogP contribution in [0.5, 0.6) is 0 Å². The average molecular weight is 223 g/mol. The number of hydrogen-bond acceptors (Lipinski definition) is 2. The summed E-state index contributed by atoms with van der Waals surface area (Å²) in [6, 6.07) is 6.98. The highest BCUT2D eigenvalue weighted by Gasteiger charge is 2.26. The van der Waals surface area contributed by atoms with E-state index in [1.807, 2.05) is 13.0 Å². The highest BCUT2D eigenvalue weighted by Crippen LogP contribution is 2.26. The highest BCUT2D eigenvalue weighted by atomic mass is 19.1. The molecule has 0 radical (unpaired) electrons. The average Bonchev–Trinajstić information content (AvgIpc) is 2.43. The second-order valence-corrected chi connectivity index (χ2v) is 4.58. The van der Waals surface area contributed by atoms with Crippen LogP contribution in [0.3, 0.4) is 0 Å². The molecule has 0 saturated carbocycles. The molecule has 3 unspecified atom stereocenters. The Kier molecular flexibility index (Phi) is 3.56. The number of halogens is 1. The summed E-state index contributed by atoms with van der Waals surface area (Å²) in [5, 5.41) is 3.38. The van der Waals surface area contributed by atoms with Gasteiger partial charge in [0.15, 0.2) is 0 Å². The van der Waals surface area contributed by atoms with Crippen molar-refractivity contribution in [1.82, 2.24) is 5.32 Å². The van der Waals surface area contributed by atoms with E-state index in [4.69, 9.17) is 4.74 Å².